The minimum atomic E-state index is -0.518. The zero-order valence-corrected chi connectivity index (χ0v) is 11.0. The van der Waals surface area contributed by atoms with Crippen LogP contribution in [0.25, 0.3) is 0 Å². The number of aryl methyl sites for hydroxylation is 1. The van der Waals surface area contributed by atoms with Gasteiger partial charge in [0, 0.05) is 25.9 Å². The van der Waals surface area contributed by atoms with E-state index < -0.39 is 5.91 Å². The SMILES string of the molecule is CCC(COC)NCCCn1c[c]nc1C(N)=O. The molecule has 1 aromatic heterocycles. The van der Waals surface area contributed by atoms with E-state index in [9.17, 15) is 4.79 Å². The second-order valence-corrected chi connectivity index (χ2v) is 4.12. The Morgan fingerprint density at radius 2 is 2.50 bits per heavy atom. The molecule has 18 heavy (non-hydrogen) atoms. The number of primary amides is 1. The van der Waals surface area contributed by atoms with E-state index >= 15 is 0 Å². The molecule has 3 N–H and O–H groups in total. The summed E-state index contributed by atoms with van der Waals surface area (Å²) in [4.78, 5) is 14.8. The van der Waals surface area contributed by atoms with Gasteiger partial charge in [-0.2, -0.15) is 0 Å². The Morgan fingerprint density at radius 3 is 3.11 bits per heavy atom. The number of hydrogen-bond acceptors (Lipinski definition) is 4. The second kappa shape index (κ2) is 7.84. The molecule has 0 bridgehead atoms. The zero-order valence-electron chi connectivity index (χ0n) is 11.0. The highest BCUT2D eigenvalue weighted by molar-refractivity contribution is 5.89. The fourth-order valence-electron chi connectivity index (χ4n) is 1.73. The molecule has 0 fully saturated rings. The Hall–Kier alpha value is -1.40. The van der Waals surface area contributed by atoms with Crippen molar-refractivity contribution >= 4 is 5.91 Å². The van der Waals surface area contributed by atoms with Crippen LogP contribution in [0.5, 0.6) is 0 Å². The van der Waals surface area contributed by atoms with Gasteiger partial charge >= 0.3 is 0 Å². The fourth-order valence-corrected chi connectivity index (χ4v) is 1.73. The van der Waals surface area contributed by atoms with E-state index in [0.717, 1.165) is 19.4 Å². The van der Waals surface area contributed by atoms with Gasteiger partial charge in [-0.05, 0) is 19.4 Å². The third kappa shape index (κ3) is 4.46. The van der Waals surface area contributed by atoms with Crippen LogP contribution in [0.15, 0.2) is 6.20 Å². The van der Waals surface area contributed by atoms with Crippen LogP contribution in [0.4, 0.5) is 0 Å². The van der Waals surface area contributed by atoms with Crippen LogP contribution in [0, 0.1) is 6.20 Å². The van der Waals surface area contributed by atoms with E-state index in [1.165, 1.54) is 0 Å². The number of nitrogens with one attached hydrogen (secondary N) is 1. The molecule has 0 saturated carbocycles. The molecule has 1 radical (unpaired) electrons. The number of hydrogen-bond donors (Lipinski definition) is 2. The first-order chi connectivity index (χ1) is 8.69. The summed E-state index contributed by atoms with van der Waals surface area (Å²) in [6, 6.07) is 0.375. The summed E-state index contributed by atoms with van der Waals surface area (Å²) in [5, 5.41) is 3.40. The Labute approximate surface area is 108 Å². The van der Waals surface area contributed by atoms with E-state index in [1.807, 2.05) is 0 Å². The van der Waals surface area contributed by atoms with Gasteiger partial charge in [0.15, 0.2) is 5.82 Å². The number of carbonyl (C=O) groups is 1. The molecular weight excluding hydrogens is 232 g/mol. The van der Waals surface area contributed by atoms with Crippen molar-refractivity contribution in [2.75, 3.05) is 20.3 Å². The van der Waals surface area contributed by atoms with E-state index in [4.69, 9.17) is 10.5 Å². The monoisotopic (exact) mass is 253 g/mol. The topological polar surface area (TPSA) is 82.2 Å². The van der Waals surface area contributed by atoms with Gasteiger partial charge < -0.3 is 20.4 Å². The van der Waals surface area contributed by atoms with Crippen molar-refractivity contribution in [3.63, 3.8) is 0 Å². The molecule has 1 rings (SSSR count). The zero-order chi connectivity index (χ0) is 13.4. The van der Waals surface area contributed by atoms with Gasteiger partial charge in [0.2, 0.25) is 0 Å². The number of amides is 1. The molecule has 1 amide bonds. The van der Waals surface area contributed by atoms with Crippen LogP contribution < -0.4 is 11.1 Å². The average molecular weight is 253 g/mol. The normalized spacial score (nSPS) is 12.6. The standard InChI is InChI=1S/C12H21N4O2/c1-3-10(9-18-2)14-5-4-7-16-8-6-15-12(16)11(13)17/h8,10,14H,3-5,7,9H2,1-2H3,(H2,13,17). The molecular formula is C12H21N4O2. The van der Waals surface area contributed by atoms with Gasteiger partial charge in [-0.25, -0.2) is 4.98 Å². The lowest BCUT2D eigenvalue weighted by Crippen LogP contribution is -2.33. The van der Waals surface area contributed by atoms with Crippen LogP contribution in [0.3, 0.4) is 0 Å². The van der Waals surface area contributed by atoms with Crippen molar-refractivity contribution in [2.45, 2.75) is 32.4 Å². The molecule has 0 aliphatic heterocycles. The summed E-state index contributed by atoms with van der Waals surface area (Å²) in [6.07, 6.45) is 6.20. The largest absolute Gasteiger partial charge is 0.383 e. The maximum atomic E-state index is 11.0. The van der Waals surface area contributed by atoms with Gasteiger partial charge in [0.25, 0.3) is 5.91 Å². The number of ether oxygens (including phenoxy) is 1. The first-order valence-electron chi connectivity index (χ1n) is 6.14. The van der Waals surface area contributed by atoms with E-state index in [2.05, 4.69) is 23.4 Å². The number of carbonyl (C=O) groups excluding carboxylic acids is 1. The summed E-state index contributed by atoms with van der Waals surface area (Å²) in [7, 11) is 1.70. The first-order valence-corrected chi connectivity index (χ1v) is 6.14. The van der Waals surface area contributed by atoms with E-state index in [1.54, 1.807) is 17.9 Å². The van der Waals surface area contributed by atoms with Crippen molar-refractivity contribution in [2.24, 2.45) is 5.73 Å². The molecule has 1 heterocycles. The molecule has 1 unspecified atom stereocenters. The fraction of sp³-hybridized carbons (Fsp3) is 0.667. The van der Waals surface area contributed by atoms with Crippen molar-refractivity contribution < 1.29 is 9.53 Å². The third-order valence-electron chi connectivity index (χ3n) is 2.75. The average Bonchev–Trinajstić information content (AvgIpc) is 2.81. The number of rotatable bonds is 9. The highest BCUT2D eigenvalue weighted by Crippen LogP contribution is 1.98. The van der Waals surface area contributed by atoms with Crippen molar-refractivity contribution in [1.29, 1.82) is 0 Å². The predicted molar refractivity (Wildman–Crippen MR) is 68.2 cm³/mol. The van der Waals surface area contributed by atoms with Crippen LogP contribution >= 0.6 is 0 Å². The molecule has 0 aromatic carbocycles. The Kier molecular flexibility index (Phi) is 6.38. The Morgan fingerprint density at radius 1 is 1.72 bits per heavy atom. The molecule has 0 aliphatic rings. The summed E-state index contributed by atoms with van der Waals surface area (Å²) in [5.74, 6) is -0.256. The molecule has 0 spiro atoms. The van der Waals surface area contributed by atoms with Gasteiger partial charge in [-0.3, -0.25) is 4.79 Å². The van der Waals surface area contributed by atoms with E-state index in [-0.39, 0.29) is 5.82 Å². The number of methoxy groups -OCH3 is 1. The molecule has 1 atom stereocenters. The summed E-state index contributed by atoms with van der Waals surface area (Å²) >= 11 is 0. The predicted octanol–water partition coefficient (Wildman–Crippen LogP) is 0.187. The van der Waals surface area contributed by atoms with Gasteiger partial charge in [0.05, 0.1) is 6.61 Å². The summed E-state index contributed by atoms with van der Waals surface area (Å²) in [6.45, 7) is 4.39. The van der Waals surface area contributed by atoms with Gasteiger partial charge in [-0.15, -0.1) is 0 Å². The van der Waals surface area contributed by atoms with Crippen molar-refractivity contribution in [3.8, 4) is 0 Å². The van der Waals surface area contributed by atoms with Gasteiger partial charge in [0.1, 0.15) is 6.20 Å². The van der Waals surface area contributed by atoms with Crippen LogP contribution in [0.1, 0.15) is 30.4 Å². The minimum Gasteiger partial charge on any atom is -0.383 e. The highest BCUT2D eigenvalue weighted by Gasteiger charge is 2.08. The lowest BCUT2D eigenvalue weighted by Gasteiger charge is -2.15. The lowest BCUT2D eigenvalue weighted by atomic mass is 10.2. The van der Waals surface area contributed by atoms with E-state index in [0.29, 0.717) is 19.2 Å². The maximum absolute atomic E-state index is 11.0. The molecule has 1 aromatic rings. The van der Waals surface area contributed by atoms with Crippen LogP contribution in [-0.4, -0.2) is 41.8 Å². The Bertz CT molecular complexity index is 365. The molecule has 6 nitrogen and oxygen atoms in total. The quantitative estimate of drug-likeness (QED) is 0.615. The smallest absolute Gasteiger partial charge is 0.284 e. The van der Waals surface area contributed by atoms with Crippen LogP contribution in [0.2, 0.25) is 0 Å². The third-order valence-corrected chi connectivity index (χ3v) is 2.75. The van der Waals surface area contributed by atoms with Crippen molar-refractivity contribution in [3.05, 3.63) is 18.2 Å². The number of nitrogens with zero attached hydrogens (tertiary/aromatic N) is 2. The number of aromatic nitrogens is 2. The lowest BCUT2D eigenvalue weighted by molar-refractivity contribution is 0.0986. The van der Waals surface area contributed by atoms with Crippen molar-refractivity contribution in [1.82, 2.24) is 14.9 Å². The Balaban J connectivity index is 2.29. The highest BCUT2D eigenvalue weighted by atomic mass is 16.5. The van der Waals surface area contributed by atoms with Crippen LogP contribution in [-0.2, 0) is 11.3 Å². The summed E-state index contributed by atoms with van der Waals surface area (Å²) < 4.78 is 6.83. The number of nitrogens with two attached hydrogens (primary N) is 1. The minimum absolute atomic E-state index is 0.263. The second-order valence-electron chi connectivity index (χ2n) is 4.12. The maximum Gasteiger partial charge on any atom is 0.284 e. The first kappa shape index (κ1) is 14.7. The summed E-state index contributed by atoms with van der Waals surface area (Å²) in [5.41, 5.74) is 5.20. The van der Waals surface area contributed by atoms with Gasteiger partial charge in [-0.1, -0.05) is 6.92 Å². The molecule has 0 aliphatic carbocycles. The molecule has 6 heteroatoms. The number of imidazole rings is 1. The molecule has 0 saturated heterocycles. The molecule has 101 valence electrons.